The van der Waals surface area contributed by atoms with Gasteiger partial charge in [0.1, 0.15) is 0 Å². The Morgan fingerprint density at radius 3 is 1.67 bits per heavy atom. The molecule has 0 heterocycles. The fraction of sp³-hybridized carbons (Fsp3) is 0. The van der Waals surface area contributed by atoms with Crippen molar-refractivity contribution in [2.45, 2.75) is 0 Å². The molecule has 1 aromatic rings. The molecule has 0 saturated heterocycles. The van der Waals surface area contributed by atoms with E-state index in [1.807, 2.05) is 6.07 Å². The summed E-state index contributed by atoms with van der Waals surface area (Å²) >= 11 is 0. The second-order valence-electron chi connectivity index (χ2n) is 1.31. The zero-order chi connectivity index (χ0) is 5.11. The van der Waals surface area contributed by atoms with Crippen LogP contribution in [0, 0.1) is 0 Å². The van der Waals surface area contributed by atoms with Crippen LogP contribution in [-0.4, -0.2) is 5.48 Å². The minimum absolute atomic E-state index is 0. The fourth-order valence-electron chi connectivity index (χ4n) is 0.420. The zero-order valence-electron chi connectivity index (χ0n) is 5.29. The molecule has 9 heavy (non-hydrogen) atoms. The van der Waals surface area contributed by atoms with Gasteiger partial charge in [-0.05, 0) is 0 Å². The predicted octanol–water partition coefficient (Wildman–Crippen LogP) is -3.06. The van der Waals surface area contributed by atoms with Crippen LogP contribution in [-0.2, 0) is 0 Å². The Hall–Kier alpha value is -0.0200. The Kier molecular flexibility index (Phi) is 7.96. The van der Waals surface area contributed by atoms with Crippen molar-refractivity contribution in [2.24, 2.45) is 0 Å². The molecular formula is C6H7NaO2. The molecule has 2 N–H and O–H groups in total. The first-order valence-corrected chi connectivity index (χ1v) is 2.11. The van der Waals surface area contributed by atoms with Crippen molar-refractivity contribution in [1.29, 1.82) is 0 Å². The molecule has 0 amide bonds. The van der Waals surface area contributed by atoms with E-state index in [-0.39, 0.29) is 40.8 Å². The van der Waals surface area contributed by atoms with Crippen LogP contribution in [0.3, 0.4) is 0 Å². The summed E-state index contributed by atoms with van der Waals surface area (Å²) in [6.07, 6.45) is 0. The van der Waals surface area contributed by atoms with Crippen LogP contribution in [0.5, 0.6) is 5.75 Å². The van der Waals surface area contributed by atoms with E-state index in [2.05, 4.69) is 0 Å². The van der Waals surface area contributed by atoms with Crippen molar-refractivity contribution < 1.29 is 40.1 Å². The normalized spacial score (nSPS) is 6.67. The van der Waals surface area contributed by atoms with Gasteiger partial charge in [-0.3, -0.25) is 0 Å². The van der Waals surface area contributed by atoms with Crippen molar-refractivity contribution in [3.63, 3.8) is 0 Å². The van der Waals surface area contributed by atoms with Crippen LogP contribution in [0.2, 0.25) is 0 Å². The summed E-state index contributed by atoms with van der Waals surface area (Å²) in [5.74, 6) is 0.0718. The minimum Gasteiger partial charge on any atom is -0.872 e. The Morgan fingerprint density at radius 1 is 1.00 bits per heavy atom. The van der Waals surface area contributed by atoms with Gasteiger partial charge in [0, 0.05) is 0 Å². The zero-order valence-corrected chi connectivity index (χ0v) is 7.29. The number of hydrogen-bond acceptors (Lipinski definition) is 1. The number of hydrogen-bond donors (Lipinski definition) is 0. The largest absolute Gasteiger partial charge is 1.00 e. The quantitative estimate of drug-likeness (QED) is 0.347. The van der Waals surface area contributed by atoms with Crippen LogP contribution in [0.25, 0.3) is 0 Å². The van der Waals surface area contributed by atoms with Gasteiger partial charge in [0.25, 0.3) is 0 Å². The number of para-hydroxylation sites is 1. The maximum absolute atomic E-state index is 10.3. The van der Waals surface area contributed by atoms with Gasteiger partial charge in [-0.15, -0.1) is 5.75 Å². The van der Waals surface area contributed by atoms with Crippen LogP contribution < -0.4 is 34.7 Å². The van der Waals surface area contributed by atoms with Crippen molar-refractivity contribution in [2.75, 3.05) is 0 Å². The molecule has 1 aromatic carbocycles. The number of rotatable bonds is 0. The average Bonchev–Trinajstić information content (AvgIpc) is 1.69. The summed E-state index contributed by atoms with van der Waals surface area (Å²) in [7, 11) is 0. The smallest absolute Gasteiger partial charge is 0.872 e. The van der Waals surface area contributed by atoms with E-state index in [4.69, 9.17) is 0 Å². The summed E-state index contributed by atoms with van der Waals surface area (Å²) in [6.45, 7) is 0. The maximum Gasteiger partial charge on any atom is 1.00 e. The van der Waals surface area contributed by atoms with Gasteiger partial charge < -0.3 is 10.6 Å². The first-order valence-electron chi connectivity index (χ1n) is 2.11. The van der Waals surface area contributed by atoms with Gasteiger partial charge >= 0.3 is 29.6 Å². The van der Waals surface area contributed by atoms with Gasteiger partial charge in [0.15, 0.2) is 0 Å². The Morgan fingerprint density at radius 2 is 1.44 bits per heavy atom. The van der Waals surface area contributed by atoms with Gasteiger partial charge in [-0.25, -0.2) is 0 Å². The summed E-state index contributed by atoms with van der Waals surface area (Å²) in [5, 5.41) is 10.3. The molecule has 0 aliphatic heterocycles. The molecule has 44 valence electrons. The summed E-state index contributed by atoms with van der Waals surface area (Å²) in [6, 6.07) is 8.33. The van der Waals surface area contributed by atoms with Gasteiger partial charge in [0.05, 0.1) is 0 Å². The van der Waals surface area contributed by atoms with Crippen LogP contribution in [0.1, 0.15) is 0 Å². The van der Waals surface area contributed by atoms with Crippen LogP contribution >= 0.6 is 0 Å². The van der Waals surface area contributed by atoms with E-state index in [1.165, 1.54) is 12.1 Å². The van der Waals surface area contributed by atoms with E-state index in [1.54, 1.807) is 12.1 Å². The Balaban J connectivity index is 0. The molecule has 0 aliphatic rings. The van der Waals surface area contributed by atoms with Gasteiger partial charge in [-0.2, -0.15) is 0 Å². The van der Waals surface area contributed by atoms with E-state index in [0.717, 1.165) is 0 Å². The molecule has 2 nitrogen and oxygen atoms in total. The molecule has 0 radical (unpaired) electrons. The van der Waals surface area contributed by atoms with E-state index in [9.17, 15) is 5.11 Å². The Bertz CT molecular complexity index is 141. The van der Waals surface area contributed by atoms with E-state index in [0.29, 0.717) is 0 Å². The standard InChI is InChI=1S/C6H6O.Na.H2O/c7-6-4-2-1-3-5-6;;/h1-5,7H;;1H2/q;+1;/p-1. The third-order valence-corrected chi connectivity index (χ3v) is 0.743. The van der Waals surface area contributed by atoms with Crippen LogP contribution in [0.15, 0.2) is 30.3 Å². The van der Waals surface area contributed by atoms with Gasteiger partial charge in [-0.1, -0.05) is 30.3 Å². The molecule has 0 saturated carbocycles. The van der Waals surface area contributed by atoms with Crippen molar-refractivity contribution >= 4 is 0 Å². The molecule has 3 heteroatoms. The van der Waals surface area contributed by atoms with E-state index >= 15 is 0 Å². The maximum atomic E-state index is 10.3. The molecule has 0 aromatic heterocycles. The summed E-state index contributed by atoms with van der Waals surface area (Å²) in [5.41, 5.74) is 0. The molecular weight excluding hydrogens is 127 g/mol. The average molecular weight is 134 g/mol. The third kappa shape index (κ3) is 4.48. The SMILES string of the molecule is O.[Na+].[O-]c1ccccc1. The van der Waals surface area contributed by atoms with Crippen molar-refractivity contribution in [3.05, 3.63) is 30.3 Å². The molecule has 0 atom stereocenters. The Labute approximate surface area is 76.1 Å². The summed E-state index contributed by atoms with van der Waals surface area (Å²) in [4.78, 5) is 0. The molecule has 0 bridgehead atoms. The first kappa shape index (κ1) is 11.7. The first-order chi connectivity index (χ1) is 3.39. The molecule has 0 spiro atoms. The predicted molar refractivity (Wildman–Crippen MR) is 29.5 cm³/mol. The van der Waals surface area contributed by atoms with E-state index < -0.39 is 0 Å². The molecule has 0 aliphatic carbocycles. The number of benzene rings is 1. The van der Waals surface area contributed by atoms with Crippen LogP contribution in [0.4, 0.5) is 0 Å². The topological polar surface area (TPSA) is 54.6 Å². The van der Waals surface area contributed by atoms with Gasteiger partial charge in [0.2, 0.25) is 0 Å². The molecule has 0 unspecified atom stereocenters. The summed E-state index contributed by atoms with van der Waals surface area (Å²) < 4.78 is 0. The fourth-order valence-corrected chi connectivity index (χ4v) is 0.420. The second-order valence-corrected chi connectivity index (χ2v) is 1.31. The molecule has 0 fully saturated rings. The minimum atomic E-state index is 0. The van der Waals surface area contributed by atoms with Crippen molar-refractivity contribution in [3.8, 4) is 5.75 Å². The second kappa shape index (κ2) is 6.11. The molecule has 1 rings (SSSR count). The third-order valence-electron chi connectivity index (χ3n) is 0.743. The monoisotopic (exact) mass is 134 g/mol. The van der Waals surface area contributed by atoms with Crippen molar-refractivity contribution in [1.82, 2.24) is 0 Å².